The Bertz CT molecular complexity index is 1160. The number of carbonyl (C=O) groups excluding carboxylic acids is 1. The van der Waals surface area contributed by atoms with E-state index >= 15 is 0 Å². The third-order valence-corrected chi connectivity index (χ3v) is 5.88. The summed E-state index contributed by atoms with van der Waals surface area (Å²) in [4.78, 5) is 17.0. The molecule has 1 aliphatic carbocycles. The number of aromatic nitrogens is 3. The predicted molar refractivity (Wildman–Crippen MR) is 113 cm³/mol. The summed E-state index contributed by atoms with van der Waals surface area (Å²) in [5, 5.41) is 17.9. The molecule has 7 nitrogen and oxygen atoms in total. The van der Waals surface area contributed by atoms with Gasteiger partial charge in [0.2, 0.25) is 0 Å². The summed E-state index contributed by atoms with van der Waals surface area (Å²) in [7, 11) is 0. The first-order chi connectivity index (χ1) is 15.2. The minimum atomic E-state index is -0.523. The topological polar surface area (TPSA) is 78.1 Å². The molecule has 3 aromatic rings. The van der Waals surface area contributed by atoms with E-state index in [1.165, 1.54) is 6.07 Å². The van der Waals surface area contributed by atoms with Crippen LogP contribution in [0.25, 0.3) is 5.69 Å². The summed E-state index contributed by atoms with van der Waals surface area (Å²) in [6.07, 6.45) is 2.07. The zero-order valence-corrected chi connectivity index (χ0v) is 16.9. The Labute approximate surface area is 179 Å². The van der Waals surface area contributed by atoms with Gasteiger partial charge in [0.15, 0.2) is 5.69 Å². The molecule has 5 rings (SSSR count). The zero-order valence-electron chi connectivity index (χ0n) is 16.9. The maximum Gasteiger partial charge on any atom is 0.276 e. The molecule has 2 aromatic carbocycles. The van der Waals surface area contributed by atoms with Gasteiger partial charge in [-0.1, -0.05) is 29.5 Å². The van der Waals surface area contributed by atoms with E-state index in [-0.39, 0.29) is 11.5 Å². The Morgan fingerprint density at radius 3 is 2.45 bits per heavy atom. The van der Waals surface area contributed by atoms with Gasteiger partial charge < -0.3 is 9.80 Å². The number of rotatable bonds is 4. The largest absolute Gasteiger partial charge is 0.367 e. The van der Waals surface area contributed by atoms with Crippen molar-refractivity contribution in [2.75, 3.05) is 31.1 Å². The molecule has 0 bridgehead atoms. The van der Waals surface area contributed by atoms with Gasteiger partial charge in [0.05, 0.1) is 17.1 Å². The van der Waals surface area contributed by atoms with Crippen LogP contribution in [0.15, 0.2) is 48.5 Å². The summed E-state index contributed by atoms with van der Waals surface area (Å²) < 4.78 is 15.8. The number of halogens is 1. The molecule has 0 N–H and O–H groups in total. The first-order valence-corrected chi connectivity index (χ1v) is 10.4. The highest BCUT2D eigenvalue weighted by Crippen LogP contribution is 2.42. The van der Waals surface area contributed by atoms with Crippen molar-refractivity contribution in [1.29, 1.82) is 5.26 Å². The van der Waals surface area contributed by atoms with Gasteiger partial charge in [-0.05, 0) is 37.1 Å². The molecular weight excluding hydrogens is 395 g/mol. The Morgan fingerprint density at radius 1 is 1.03 bits per heavy atom. The fourth-order valence-electron chi connectivity index (χ4n) is 4.11. The number of nitrogens with zero attached hydrogens (tertiary/aromatic N) is 6. The minimum absolute atomic E-state index is 0.0455. The third-order valence-electron chi connectivity index (χ3n) is 5.88. The lowest BCUT2D eigenvalue weighted by Gasteiger charge is -2.36. The normalized spacial score (nSPS) is 16.3. The van der Waals surface area contributed by atoms with Crippen molar-refractivity contribution >= 4 is 11.6 Å². The number of hydrogen-bond acceptors (Lipinski definition) is 5. The molecule has 1 amide bonds. The second kappa shape index (κ2) is 7.84. The minimum Gasteiger partial charge on any atom is -0.367 e. The molecular formula is C23H21FN6O. The van der Waals surface area contributed by atoms with Crippen molar-refractivity contribution in [3.63, 3.8) is 0 Å². The van der Waals surface area contributed by atoms with Crippen molar-refractivity contribution in [2.45, 2.75) is 18.8 Å². The summed E-state index contributed by atoms with van der Waals surface area (Å²) in [6, 6.07) is 16.3. The molecule has 1 saturated carbocycles. The monoisotopic (exact) mass is 416 g/mol. The van der Waals surface area contributed by atoms with Crippen LogP contribution in [0, 0.1) is 17.1 Å². The number of nitriles is 1. The van der Waals surface area contributed by atoms with E-state index in [1.54, 1.807) is 21.7 Å². The third kappa shape index (κ3) is 3.52. The molecule has 8 heteroatoms. The van der Waals surface area contributed by atoms with Gasteiger partial charge in [-0.2, -0.15) is 5.26 Å². The van der Waals surface area contributed by atoms with E-state index in [1.807, 2.05) is 41.3 Å². The molecule has 1 aromatic heterocycles. The highest BCUT2D eigenvalue weighted by molar-refractivity contribution is 5.94. The SMILES string of the molecule is N#Cc1c(F)cccc1N1CCN(C(=O)c2nnn(-c3ccccc3)c2C2CC2)CC1. The predicted octanol–water partition coefficient (Wildman–Crippen LogP) is 3.12. The second-order valence-electron chi connectivity index (χ2n) is 7.87. The number of hydrogen-bond donors (Lipinski definition) is 0. The molecule has 156 valence electrons. The summed E-state index contributed by atoms with van der Waals surface area (Å²) in [5.41, 5.74) is 2.82. The second-order valence-corrected chi connectivity index (χ2v) is 7.87. The van der Waals surface area contributed by atoms with Gasteiger partial charge in [-0.25, -0.2) is 9.07 Å². The van der Waals surface area contributed by atoms with Crippen molar-refractivity contribution in [2.24, 2.45) is 0 Å². The molecule has 1 saturated heterocycles. The maximum atomic E-state index is 14.0. The fraction of sp³-hybridized carbons (Fsp3) is 0.304. The van der Waals surface area contributed by atoms with Crippen LogP contribution in [0.1, 0.15) is 40.5 Å². The van der Waals surface area contributed by atoms with Crippen LogP contribution < -0.4 is 4.90 Å². The quantitative estimate of drug-likeness (QED) is 0.653. The maximum absolute atomic E-state index is 14.0. The van der Waals surface area contributed by atoms with Crippen LogP contribution in [0.4, 0.5) is 10.1 Å². The molecule has 1 aliphatic heterocycles. The smallest absolute Gasteiger partial charge is 0.276 e. The Balaban J connectivity index is 1.36. The van der Waals surface area contributed by atoms with Crippen LogP contribution in [-0.4, -0.2) is 52.0 Å². The standard InChI is InChI=1S/C23H21FN6O/c24-19-7-4-8-20(18(19)15-25)28-11-13-29(14-12-28)23(31)21-22(16-9-10-16)30(27-26-21)17-5-2-1-3-6-17/h1-8,16H,9-14H2. The molecule has 2 aliphatic rings. The molecule has 0 unspecified atom stereocenters. The summed E-state index contributed by atoms with van der Waals surface area (Å²) in [5.74, 6) is -0.338. The van der Waals surface area contributed by atoms with Gasteiger partial charge in [0.25, 0.3) is 5.91 Å². The van der Waals surface area contributed by atoms with Crippen LogP contribution in [0.5, 0.6) is 0 Å². The molecule has 0 spiro atoms. The van der Waals surface area contributed by atoms with E-state index in [9.17, 15) is 14.4 Å². The van der Waals surface area contributed by atoms with Gasteiger partial charge in [0.1, 0.15) is 17.4 Å². The number of piperazine rings is 1. The van der Waals surface area contributed by atoms with Gasteiger partial charge in [-0.15, -0.1) is 5.10 Å². The number of para-hydroxylation sites is 1. The van der Waals surface area contributed by atoms with Crippen LogP contribution in [0.3, 0.4) is 0 Å². The summed E-state index contributed by atoms with van der Waals surface area (Å²) in [6.45, 7) is 2.00. The van der Waals surface area contributed by atoms with Crippen LogP contribution in [0.2, 0.25) is 0 Å². The number of amides is 1. The molecule has 2 fully saturated rings. The molecule has 0 atom stereocenters. The first kappa shape index (κ1) is 19.2. The average Bonchev–Trinajstić information content (AvgIpc) is 3.56. The van der Waals surface area contributed by atoms with Crippen molar-refractivity contribution in [3.8, 4) is 11.8 Å². The van der Waals surface area contributed by atoms with Crippen LogP contribution in [-0.2, 0) is 0 Å². The highest BCUT2D eigenvalue weighted by Gasteiger charge is 2.36. The first-order valence-electron chi connectivity index (χ1n) is 10.4. The average molecular weight is 416 g/mol. The van der Waals surface area contributed by atoms with Crippen LogP contribution >= 0.6 is 0 Å². The number of carbonyl (C=O) groups is 1. The van der Waals surface area contributed by atoms with Gasteiger partial charge in [-0.3, -0.25) is 4.79 Å². The molecule has 31 heavy (non-hydrogen) atoms. The Hall–Kier alpha value is -3.73. The highest BCUT2D eigenvalue weighted by atomic mass is 19.1. The molecule has 2 heterocycles. The van der Waals surface area contributed by atoms with E-state index in [0.29, 0.717) is 43.5 Å². The number of benzene rings is 2. The number of anilines is 1. The zero-order chi connectivity index (χ0) is 21.4. The lowest BCUT2D eigenvalue weighted by molar-refractivity contribution is 0.0739. The van der Waals surface area contributed by atoms with Crippen molar-refractivity contribution in [3.05, 3.63) is 71.3 Å². The Morgan fingerprint density at radius 2 is 1.77 bits per heavy atom. The van der Waals surface area contributed by atoms with E-state index < -0.39 is 5.82 Å². The van der Waals surface area contributed by atoms with E-state index in [0.717, 1.165) is 24.2 Å². The molecule has 0 radical (unpaired) electrons. The van der Waals surface area contributed by atoms with E-state index in [2.05, 4.69) is 10.3 Å². The fourth-order valence-corrected chi connectivity index (χ4v) is 4.11. The van der Waals surface area contributed by atoms with Crippen molar-refractivity contribution in [1.82, 2.24) is 19.9 Å². The Kier molecular flexibility index (Phi) is 4.86. The lowest BCUT2D eigenvalue weighted by Crippen LogP contribution is -2.49. The van der Waals surface area contributed by atoms with Crippen molar-refractivity contribution < 1.29 is 9.18 Å². The van der Waals surface area contributed by atoms with Gasteiger partial charge >= 0.3 is 0 Å². The summed E-state index contributed by atoms with van der Waals surface area (Å²) >= 11 is 0. The van der Waals surface area contributed by atoms with Gasteiger partial charge in [0, 0.05) is 32.1 Å². The van der Waals surface area contributed by atoms with E-state index in [4.69, 9.17) is 0 Å². The lowest BCUT2D eigenvalue weighted by atomic mass is 10.1.